The summed E-state index contributed by atoms with van der Waals surface area (Å²) in [5, 5.41) is 21.3. The average Bonchev–Trinajstić information content (AvgIpc) is 3.12. The largest absolute Gasteiger partial charge is 0.319 e. The highest BCUT2D eigenvalue weighted by molar-refractivity contribution is 7.17. The van der Waals surface area contributed by atoms with E-state index in [0.717, 1.165) is 11.8 Å². The number of pyridine rings is 1. The summed E-state index contributed by atoms with van der Waals surface area (Å²) in [7, 11) is 0. The molecule has 0 atom stereocenters. The van der Waals surface area contributed by atoms with Gasteiger partial charge in [-0.1, -0.05) is 35.1 Å². The number of benzene rings is 1. The standard InChI is InChI=1S/C18H15ClN6OS/c19-13-3-1-2-12(9-21)16(13)25-17(26)14-10-23-18(27-14)24-15-8-11(4-6-20)5-7-22-15/h1-3,5-10,20-21H,4H2,(H,25,26)(H,22,23,24). The maximum atomic E-state index is 12.5. The third-order valence-electron chi connectivity index (χ3n) is 3.57. The summed E-state index contributed by atoms with van der Waals surface area (Å²) in [5.41, 5.74) is 1.86. The SMILES string of the molecule is N=CCc1ccnc(Nc2ncc(C(=O)Nc3c(Cl)cccc3C=N)s2)c1. The van der Waals surface area contributed by atoms with Gasteiger partial charge in [0.2, 0.25) is 0 Å². The molecule has 0 aliphatic heterocycles. The summed E-state index contributed by atoms with van der Waals surface area (Å²) in [5.74, 6) is 0.232. The second kappa shape index (κ2) is 8.52. The van der Waals surface area contributed by atoms with Gasteiger partial charge in [-0.3, -0.25) is 4.79 Å². The fourth-order valence-corrected chi connectivity index (χ4v) is 3.25. The van der Waals surface area contributed by atoms with E-state index >= 15 is 0 Å². The minimum absolute atomic E-state index is 0.359. The number of carbonyl (C=O) groups is 1. The summed E-state index contributed by atoms with van der Waals surface area (Å²) in [6.07, 6.45) is 6.09. The first-order chi connectivity index (χ1) is 13.1. The van der Waals surface area contributed by atoms with Gasteiger partial charge in [0, 0.05) is 24.4 Å². The zero-order chi connectivity index (χ0) is 19.2. The Morgan fingerprint density at radius 2 is 2.11 bits per heavy atom. The van der Waals surface area contributed by atoms with Crippen LogP contribution >= 0.6 is 22.9 Å². The molecule has 3 rings (SSSR count). The van der Waals surface area contributed by atoms with Crippen molar-refractivity contribution >= 4 is 57.9 Å². The van der Waals surface area contributed by atoms with Crippen LogP contribution < -0.4 is 10.6 Å². The van der Waals surface area contributed by atoms with Crippen LogP contribution in [0.2, 0.25) is 5.02 Å². The third-order valence-corrected chi connectivity index (χ3v) is 4.79. The smallest absolute Gasteiger partial charge is 0.267 e. The predicted octanol–water partition coefficient (Wildman–Crippen LogP) is 4.38. The van der Waals surface area contributed by atoms with E-state index in [4.69, 9.17) is 22.4 Å². The Hall–Kier alpha value is -3.10. The molecule has 136 valence electrons. The topological polar surface area (TPSA) is 115 Å². The highest BCUT2D eigenvalue weighted by Gasteiger charge is 2.14. The van der Waals surface area contributed by atoms with Gasteiger partial charge in [0.1, 0.15) is 10.7 Å². The maximum absolute atomic E-state index is 12.5. The van der Waals surface area contributed by atoms with Crippen LogP contribution in [0, 0.1) is 10.8 Å². The van der Waals surface area contributed by atoms with Crippen molar-refractivity contribution in [3.8, 4) is 0 Å². The highest BCUT2D eigenvalue weighted by Crippen LogP contribution is 2.27. The predicted molar refractivity (Wildman–Crippen MR) is 109 cm³/mol. The molecule has 7 nitrogen and oxygen atoms in total. The molecule has 0 fully saturated rings. The van der Waals surface area contributed by atoms with Crippen molar-refractivity contribution in [1.82, 2.24) is 9.97 Å². The Morgan fingerprint density at radius 1 is 1.26 bits per heavy atom. The molecule has 0 radical (unpaired) electrons. The normalized spacial score (nSPS) is 10.3. The number of rotatable bonds is 7. The average molecular weight is 399 g/mol. The lowest BCUT2D eigenvalue weighted by atomic mass is 10.2. The van der Waals surface area contributed by atoms with Gasteiger partial charge in [0.05, 0.1) is 16.9 Å². The second-order valence-electron chi connectivity index (χ2n) is 5.41. The Labute approximate surface area is 164 Å². The van der Waals surface area contributed by atoms with Crippen molar-refractivity contribution in [2.45, 2.75) is 6.42 Å². The molecule has 0 saturated carbocycles. The van der Waals surface area contributed by atoms with E-state index in [1.165, 1.54) is 23.7 Å². The Kier molecular flexibility index (Phi) is 5.90. The van der Waals surface area contributed by atoms with Crippen molar-refractivity contribution in [3.05, 3.63) is 63.8 Å². The number of para-hydroxylation sites is 1. The van der Waals surface area contributed by atoms with Gasteiger partial charge >= 0.3 is 0 Å². The van der Waals surface area contributed by atoms with Gasteiger partial charge in [-0.05, 0) is 30.0 Å². The van der Waals surface area contributed by atoms with E-state index in [9.17, 15) is 4.79 Å². The van der Waals surface area contributed by atoms with Crippen LogP contribution in [0.1, 0.15) is 20.8 Å². The lowest BCUT2D eigenvalue weighted by Crippen LogP contribution is -2.12. The molecular weight excluding hydrogens is 384 g/mol. The number of thiazole rings is 1. The Bertz CT molecular complexity index is 1000. The molecular formula is C18H15ClN6OS. The van der Waals surface area contributed by atoms with Crippen LogP contribution in [0.25, 0.3) is 0 Å². The monoisotopic (exact) mass is 398 g/mol. The molecule has 3 aromatic rings. The number of nitrogens with zero attached hydrogens (tertiary/aromatic N) is 2. The van der Waals surface area contributed by atoms with E-state index in [2.05, 4.69) is 20.6 Å². The molecule has 4 N–H and O–H groups in total. The van der Waals surface area contributed by atoms with Gasteiger partial charge in [0.15, 0.2) is 5.13 Å². The fraction of sp³-hybridized carbons (Fsp3) is 0.0556. The van der Waals surface area contributed by atoms with Crippen molar-refractivity contribution < 1.29 is 4.79 Å². The van der Waals surface area contributed by atoms with Crippen LogP contribution in [0.15, 0.2) is 42.7 Å². The molecule has 0 aliphatic carbocycles. The minimum atomic E-state index is -0.359. The molecule has 27 heavy (non-hydrogen) atoms. The first-order valence-electron chi connectivity index (χ1n) is 7.87. The molecule has 0 unspecified atom stereocenters. The summed E-state index contributed by atoms with van der Waals surface area (Å²) >= 11 is 7.30. The van der Waals surface area contributed by atoms with Crippen LogP contribution in [0.5, 0.6) is 0 Å². The lowest BCUT2D eigenvalue weighted by molar-refractivity contribution is 0.103. The van der Waals surface area contributed by atoms with E-state index < -0.39 is 0 Å². The quantitative estimate of drug-likeness (QED) is 0.442. The molecule has 2 heterocycles. The number of carbonyl (C=O) groups excluding carboxylic acids is 1. The van der Waals surface area contributed by atoms with Gasteiger partial charge in [-0.25, -0.2) is 9.97 Å². The number of anilines is 3. The fourth-order valence-electron chi connectivity index (χ4n) is 2.30. The first kappa shape index (κ1) is 18.7. The summed E-state index contributed by atoms with van der Waals surface area (Å²) in [4.78, 5) is 21.3. The van der Waals surface area contributed by atoms with Crippen molar-refractivity contribution in [2.75, 3.05) is 10.6 Å². The zero-order valence-electron chi connectivity index (χ0n) is 14.0. The Morgan fingerprint density at radius 3 is 2.89 bits per heavy atom. The molecule has 0 aliphatic rings. The number of aromatic nitrogens is 2. The molecule has 0 spiro atoms. The Balaban J connectivity index is 1.74. The van der Waals surface area contributed by atoms with E-state index in [-0.39, 0.29) is 5.91 Å². The highest BCUT2D eigenvalue weighted by atomic mass is 35.5. The second-order valence-corrected chi connectivity index (χ2v) is 6.85. The van der Waals surface area contributed by atoms with Crippen molar-refractivity contribution in [3.63, 3.8) is 0 Å². The van der Waals surface area contributed by atoms with E-state index in [1.54, 1.807) is 24.4 Å². The number of hydrogen-bond acceptors (Lipinski definition) is 7. The number of hydrogen-bond donors (Lipinski definition) is 4. The third kappa shape index (κ3) is 4.55. The lowest BCUT2D eigenvalue weighted by Gasteiger charge is -2.08. The molecule has 2 aromatic heterocycles. The number of nitrogens with one attached hydrogen (secondary N) is 4. The molecule has 0 saturated heterocycles. The van der Waals surface area contributed by atoms with Crippen LogP contribution in [-0.2, 0) is 6.42 Å². The summed E-state index contributed by atoms with van der Waals surface area (Å²) in [6, 6.07) is 8.72. The van der Waals surface area contributed by atoms with E-state index in [1.807, 2.05) is 12.1 Å². The molecule has 1 aromatic carbocycles. The molecule has 1 amide bonds. The summed E-state index contributed by atoms with van der Waals surface area (Å²) in [6.45, 7) is 0. The molecule has 9 heteroatoms. The van der Waals surface area contributed by atoms with Crippen molar-refractivity contribution in [2.24, 2.45) is 0 Å². The van der Waals surface area contributed by atoms with Crippen LogP contribution in [-0.4, -0.2) is 28.3 Å². The minimum Gasteiger partial charge on any atom is -0.319 e. The number of amides is 1. The van der Waals surface area contributed by atoms with Gasteiger partial charge in [-0.15, -0.1) is 0 Å². The number of halogens is 1. The molecule has 0 bridgehead atoms. The zero-order valence-corrected chi connectivity index (χ0v) is 15.6. The maximum Gasteiger partial charge on any atom is 0.267 e. The van der Waals surface area contributed by atoms with Gasteiger partial charge in [0.25, 0.3) is 5.91 Å². The van der Waals surface area contributed by atoms with Crippen LogP contribution in [0.3, 0.4) is 0 Å². The van der Waals surface area contributed by atoms with Crippen molar-refractivity contribution in [1.29, 1.82) is 10.8 Å². The summed E-state index contributed by atoms with van der Waals surface area (Å²) < 4.78 is 0. The van der Waals surface area contributed by atoms with Gasteiger partial charge < -0.3 is 21.5 Å². The van der Waals surface area contributed by atoms with E-state index in [0.29, 0.717) is 38.5 Å². The first-order valence-corrected chi connectivity index (χ1v) is 9.07. The van der Waals surface area contributed by atoms with Gasteiger partial charge in [-0.2, -0.15) is 0 Å². The van der Waals surface area contributed by atoms with Crippen LogP contribution in [0.4, 0.5) is 16.6 Å².